The summed E-state index contributed by atoms with van der Waals surface area (Å²) in [6.45, 7) is 0.215. The molecule has 1 N–H and O–H groups in total. The van der Waals surface area contributed by atoms with Crippen LogP contribution in [0, 0.1) is 0 Å². The van der Waals surface area contributed by atoms with Gasteiger partial charge in [-0.15, -0.1) is 0 Å². The number of nitrogens with one attached hydrogen (secondary N) is 1. The smallest absolute Gasteiger partial charge is 0.322 e. The van der Waals surface area contributed by atoms with Crippen LogP contribution < -0.4 is 19.5 Å². The van der Waals surface area contributed by atoms with E-state index in [0.717, 1.165) is 5.56 Å². The second-order valence-corrected chi connectivity index (χ2v) is 5.60. The number of carbonyl (C=O) groups is 1. The van der Waals surface area contributed by atoms with Gasteiger partial charge in [-0.2, -0.15) is 0 Å². The van der Waals surface area contributed by atoms with Crippen molar-refractivity contribution in [3.05, 3.63) is 72.6 Å². The fraction of sp³-hybridized carbons (Fsp3) is 0.0500. The van der Waals surface area contributed by atoms with Gasteiger partial charge < -0.3 is 19.5 Å². The molecule has 1 aromatic heterocycles. The van der Waals surface area contributed by atoms with Crippen LogP contribution in [0.25, 0.3) is 6.08 Å². The first-order valence-corrected chi connectivity index (χ1v) is 8.20. The summed E-state index contributed by atoms with van der Waals surface area (Å²) in [5.41, 5.74) is 1.30. The van der Waals surface area contributed by atoms with Crippen molar-refractivity contribution in [3.63, 3.8) is 0 Å². The predicted octanol–water partition coefficient (Wildman–Crippen LogP) is 3.65. The molecule has 2 aromatic carbocycles. The fourth-order valence-electron chi connectivity index (χ4n) is 2.40. The minimum Gasteiger partial charge on any atom is -0.454 e. The Labute approximate surface area is 155 Å². The molecule has 7 heteroatoms. The van der Waals surface area contributed by atoms with E-state index in [-0.39, 0.29) is 18.7 Å². The monoisotopic (exact) mass is 361 g/mol. The van der Waals surface area contributed by atoms with Gasteiger partial charge in [0.05, 0.1) is 18.1 Å². The molecule has 0 radical (unpaired) electrons. The summed E-state index contributed by atoms with van der Waals surface area (Å²) in [6, 6.07) is 14.9. The molecular formula is C20H15N3O4. The van der Waals surface area contributed by atoms with Crippen molar-refractivity contribution in [1.82, 2.24) is 9.97 Å². The quantitative estimate of drug-likeness (QED) is 0.699. The third-order valence-electron chi connectivity index (χ3n) is 3.67. The second-order valence-electron chi connectivity index (χ2n) is 5.60. The van der Waals surface area contributed by atoms with Gasteiger partial charge in [0, 0.05) is 6.08 Å². The molecule has 27 heavy (non-hydrogen) atoms. The zero-order valence-corrected chi connectivity index (χ0v) is 14.2. The Morgan fingerprint density at radius 1 is 1.04 bits per heavy atom. The summed E-state index contributed by atoms with van der Waals surface area (Å²) in [7, 11) is 0. The molecule has 0 atom stereocenters. The standard InChI is InChI=1S/C20H15N3O4/c24-19(9-7-14-6-8-17-18(10-14)26-13-25-17)23-15-11-21-20(22-12-15)27-16-4-2-1-3-5-16/h1-12H,13H2,(H,23,24)/b9-7+. The first-order valence-electron chi connectivity index (χ1n) is 8.20. The highest BCUT2D eigenvalue weighted by Crippen LogP contribution is 2.32. The Morgan fingerprint density at radius 2 is 1.81 bits per heavy atom. The first kappa shape index (κ1) is 16.6. The lowest BCUT2D eigenvalue weighted by molar-refractivity contribution is -0.111. The van der Waals surface area contributed by atoms with Crippen molar-refractivity contribution in [2.24, 2.45) is 0 Å². The highest BCUT2D eigenvalue weighted by molar-refractivity contribution is 6.01. The van der Waals surface area contributed by atoms with Crippen molar-refractivity contribution in [3.8, 4) is 23.3 Å². The number of hydrogen-bond acceptors (Lipinski definition) is 6. The van der Waals surface area contributed by atoms with E-state index < -0.39 is 0 Å². The number of aromatic nitrogens is 2. The van der Waals surface area contributed by atoms with E-state index in [4.69, 9.17) is 14.2 Å². The summed E-state index contributed by atoms with van der Waals surface area (Å²) in [4.78, 5) is 20.2. The van der Waals surface area contributed by atoms with Crippen LogP contribution in [-0.4, -0.2) is 22.7 Å². The number of fused-ring (bicyclic) bond motifs is 1. The molecule has 4 rings (SSSR count). The molecule has 0 aliphatic carbocycles. The Kier molecular flexibility index (Phi) is 4.65. The fourth-order valence-corrected chi connectivity index (χ4v) is 2.40. The van der Waals surface area contributed by atoms with Crippen LogP contribution in [0.5, 0.6) is 23.3 Å². The van der Waals surface area contributed by atoms with E-state index in [9.17, 15) is 4.79 Å². The molecule has 0 saturated carbocycles. The summed E-state index contributed by atoms with van der Waals surface area (Å²) >= 11 is 0. The Hall–Kier alpha value is -3.87. The molecule has 1 aliphatic heterocycles. The van der Waals surface area contributed by atoms with Gasteiger partial charge in [-0.25, -0.2) is 9.97 Å². The number of benzene rings is 2. The maximum atomic E-state index is 12.1. The summed E-state index contributed by atoms with van der Waals surface area (Å²) in [5.74, 6) is 1.71. The van der Waals surface area contributed by atoms with Gasteiger partial charge in [0.25, 0.3) is 0 Å². The number of carbonyl (C=O) groups excluding carboxylic acids is 1. The van der Waals surface area contributed by atoms with E-state index in [1.807, 2.05) is 30.3 Å². The van der Waals surface area contributed by atoms with Crippen LogP contribution in [-0.2, 0) is 4.79 Å². The topological polar surface area (TPSA) is 82.6 Å². The number of rotatable bonds is 5. The molecule has 0 spiro atoms. The third kappa shape index (κ3) is 4.21. The van der Waals surface area contributed by atoms with Gasteiger partial charge in [-0.3, -0.25) is 4.79 Å². The minimum absolute atomic E-state index is 0.204. The average Bonchev–Trinajstić information content (AvgIpc) is 3.17. The van der Waals surface area contributed by atoms with Crippen LogP contribution in [0.1, 0.15) is 5.56 Å². The van der Waals surface area contributed by atoms with Gasteiger partial charge in [0.15, 0.2) is 11.5 Å². The normalized spacial score (nSPS) is 12.1. The highest BCUT2D eigenvalue weighted by Gasteiger charge is 2.12. The molecule has 7 nitrogen and oxygen atoms in total. The molecule has 0 saturated heterocycles. The molecule has 0 fully saturated rings. The van der Waals surface area contributed by atoms with E-state index in [1.165, 1.54) is 18.5 Å². The lowest BCUT2D eigenvalue weighted by atomic mass is 10.2. The zero-order chi connectivity index (χ0) is 18.5. The SMILES string of the molecule is O=C(/C=C/c1ccc2c(c1)OCO2)Nc1cnc(Oc2ccccc2)nc1. The third-order valence-corrected chi connectivity index (χ3v) is 3.67. The minimum atomic E-state index is -0.298. The zero-order valence-electron chi connectivity index (χ0n) is 14.2. The number of hydrogen-bond donors (Lipinski definition) is 1. The molecule has 1 aliphatic rings. The molecule has 1 amide bonds. The Morgan fingerprint density at radius 3 is 2.63 bits per heavy atom. The maximum absolute atomic E-state index is 12.1. The number of amides is 1. The highest BCUT2D eigenvalue weighted by atomic mass is 16.7. The molecule has 0 unspecified atom stereocenters. The van der Waals surface area contributed by atoms with Crippen LogP contribution in [0.15, 0.2) is 67.0 Å². The predicted molar refractivity (Wildman–Crippen MR) is 98.8 cm³/mol. The largest absolute Gasteiger partial charge is 0.454 e. The summed E-state index contributed by atoms with van der Waals surface area (Å²) in [5, 5.41) is 2.69. The summed E-state index contributed by atoms with van der Waals surface area (Å²) < 4.78 is 16.1. The van der Waals surface area contributed by atoms with Crippen molar-refractivity contribution < 1.29 is 19.0 Å². The lowest BCUT2D eigenvalue weighted by Gasteiger charge is -2.05. The Balaban J connectivity index is 1.35. The van der Waals surface area contributed by atoms with E-state index in [0.29, 0.717) is 22.9 Å². The maximum Gasteiger partial charge on any atom is 0.322 e. The molecule has 134 valence electrons. The number of para-hydroxylation sites is 1. The average molecular weight is 361 g/mol. The molecule has 0 bridgehead atoms. The lowest BCUT2D eigenvalue weighted by Crippen LogP contribution is -2.08. The van der Waals surface area contributed by atoms with Gasteiger partial charge in [-0.05, 0) is 35.9 Å². The van der Waals surface area contributed by atoms with Crippen molar-refractivity contribution in [1.29, 1.82) is 0 Å². The molecule has 2 heterocycles. The van der Waals surface area contributed by atoms with E-state index >= 15 is 0 Å². The number of ether oxygens (including phenoxy) is 3. The van der Waals surface area contributed by atoms with Gasteiger partial charge in [0.1, 0.15) is 5.75 Å². The number of nitrogens with zero attached hydrogens (tertiary/aromatic N) is 2. The molecule has 3 aromatic rings. The van der Waals surface area contributed by atoms with Crippen LogP contribution in [0.3, 0.4) is 0 Å². The van der Waals surface area contributed by atoms with E-state index in [2.05, 4.69) is 15.3 Å². The second kappa shape index (κ2) is 7.57. The van der Waals surface area contributed by atoms with Crippen LogP contribution in [0.4, 0.5) is 5.69 Å². The van der Waals surface area contributed by atoms with Crippen molar-refractivity contribution >= 4 is 17.7 Å². The Bertz CT molecular complexity index is 972. The first-order chi connectivity index (χ1) is 13.3. The van der Waals surface area contributed by atoms with Crippen molar-refractivity contribution in [2.45, 2.75) is 0 Å². The molecular weight excluding hydrogens is 346 g/mol. The van der Waals surface area contributed by atoms with Crippen LogP contribution in [0.2, 0.25) is 0 Å². The van der Waals surface area contributed by atoms with E-state index in [1.54, 1.807) is 24.3 Å². The van der Waals surface area contributed by atoms with Crippen LogP contribution >= 0.6 is 0 Å². The van der Waals surface area contributed by atoms with Gasteiger partial charge in [-0.1, -0.05) is 24.3 Å². The van der Waals surface area contributed by atoms with Crippen molar-refractivity contribution in [2.75, 3.05) is 12.1 Å². The summed E-state index contributed by atoms with van der Waals surface area (Å²) in [6.07, 6.45) is 6.08. The van der Waals surface area contributed by atoms with Gasteiger partial charge >= 0.3 is 6.01 Å². The number of anilines is 1. The van der Waals surface area contributed by atoms with Gasteiger partial charge in [0.2, 0.25) is 12.7 Å².